The number of carbonyl (C=O) groups excluding carboxylic acids is 1. The Morgan fingerprint density at radius 3 is 2.64 bits per heavy atom. The van der Waals surface area contributed by atoms with Crippen LogP contribution in [0.1, 0.15) is 25.8 Å². The highest BCUT2D eigenvalue weighted by molar-refractivity contribution is 7.99. The van der Waals surface area contributed by atoms with Crippen LogP contribution in [-0.2, 0) is 21.4 Å². The maximum absolute atomic E-state index is 12.8. The summed E-state index contributed by atoms with van der Waals surface area (Å²) in [6, 6.07) is 12.3. The quantitative estimate of drug-likeness (QED) is 0.775. The molecule has 0 aliphatic carbocycles. The van der Waals surface area contributed by atoms with Gasteiger partial charge in [-0.1, -0.05) is 12.1 Å². The van der Waals surface area contributed by atoms with E-state index in [1.165, 1.54) is 6.92 Å². The van der Waals surface area contributed by atoms with Crippen LogP contribution < -0.4 is 14.4 Å². The van der Waals surface area contributed by atoms with Gasteiger partial charge in [0.2, 0.25) is 15.9 Å². The highest BCUT2D eigenvalue weighted by Crippen LogP contribution is 2.35. The summed E-state index contributed by atoms with van der Waals surface area (Å²) >= 11 is 1.64. The first-order valence-corrected chi connectivity index (χ1v) is 11.6. The van der Waals surface area contributed by atoms with E-state index < -0.39 is 10.0 Å². The minimum atomic E-state index is -3.70. The average molecular weight is 421 g/mol. The lowest BCUT2D eigenvalue weighted by Gasteiger charge is -2.21. The Bertz CT molecular complexity index is 943. The molecule has 3 rings (SSSR count). The third-order valence-electron chi connectivity index (χ3n) is 4.40. The van der Waals surface area contributed by atoms with E-state index in [1.807, 2.05) is 31.2 Å². The molecule has 0 saturated heterocycles. The fourth-order valence-corrected chi connectivity index (χ4v) is 4.99. The number of amides is 1. The first-order chi connectivity index (χ1) is 13.4. The molecule has 1 amide bonds. The zero-order valence-corrected chi connectivity index (χ0v) is 17.6. The third kappa shape index (κ3) is 4.87. The van der Waals surface area contributed by atoms with Crippen LogP contribution in [0.15, 0.2) is 52.3 Å². The van der Waals surface area contributed by atoms with Crippen molar-refractivity contribution >= 4 is 33.4 Å². The van der Waals surface area contributed by atoms with Gasteiger partial charge < -0.3 is 9.64 Å². The number of fused-ring (bicyclic) bond motifs is 1. The van der Waals surface area contributed by atoms with Gasteiger partial charge in [-0.2, -0.15) is 0 Å². The lowest BCUT2D eigenvalue weighted by Crippen LogP contribution is -2.30. The summed E-state index contributed by atoms with van der Waals surface area (Å²) in [6.45, 7) is 4.77. The second kappa shape index (κ2) is 8.98. The molecule has 0 spiro atoms. The minimum absolute atomic E-state index is 0.0827. The minimum Gasteiger partial charge on any atom is -0.494 e. The number of benzene rings is 2. The molecule has 0 bridgehead atoms. The fraction of sp³-hybridized carbons (Fsp3) is 0.350. The molecule has 6 nitrogen and oxygen atoms in total. The first kappa shape index (κ1) is 20.7. The Kier molecular flexibility index (Phi) is 6.64. The van der Waals surface area contributed by atoms with Crippen LogP contribution in [0, 0.1) is 0 Å². The van der Waals surface area contributed by atoms with Gasteiger partial charge in [-0.15, -0.1) is 11.8 Å². The fourth-order valence-electron chi connectivity index (χ4n) is 2.98. The number of sulfonamides is 1. The molecule has 2 aromatic carbocycles. The van der Waals surface area contributed by atoms with E-state index in [9.17, 15) is 13.2 Å². The van der Waals surface area contributed by atoms with Crippen LogP contribution in [-0.4, -0.2) is 33.2 Å². The largest absolute Gasteiger partial charge is 0.494 e. The summed E-state index contributed by atoms with van der Waals surface area (Å²) in [6.07, 6.45) is 0.872. The molecule has 0 aromatic heterocycles. The lowest BCUT2D eigenvalue weighted by atomic mass is 10.2. The van der Waals surface area contributed by atoms with E-state index in [4.69, 9.17) is 4.74 Å². The van der Waals surface area contributed by atoms with E-state index >= 15 is 0 Å². The number of nitrogens with one attached hydrogen (secondary N) is 1. The second-order valence-corrected chi connectivity index (χ2v) is 9.31. The normalized spacial score (nSPS) is 14.3. The summed E-state index contributed by atoms with van der Waals surface area (Å²) in [5.41, 5.74) is 1.50. The van der Waals surface area contributed by atoms with Crippen LogP contribution >= 0.6 is 11.8 Å². The second-order valence-electron chi connectivity index (χ2n) is 6.40. The molecule has 28 heavy (non-hydrogen) atoms. The molecule has 150 valence electrons. The monoisotopic (exact) mass is 420 g/mol. The number of anilines is 1. The molecule has 0 atom stereocenters. The van der Waals surface area contributed by atoms with Crippen LogP contribution in [0.2, 0.25) is 0 Å². The molecule has 1 N–H and O–H groups in total. The van der Waals surface area contributed by atoms with Gasteiger partial charge in [-0.3, -0.25) is 4.79 Å². The van der Waals surface area contributed by atoms with Gasteiger partial charge in [0.25, 0.3) is 0 Å². The molecular weight excluding hydrogens is 396 g/mol. The van der Waals surface area contributed by atoms with Crippen molar-refractivity contribution < 1.29 is 17.9 Å². The predicted molar refractivity (Wildman–Crippen MR) is 111 cm³/mol. The number of nitrogens with zero attached hydrogens (tertiary/aromatic N) is 1. The smallest absolute Gasteiger partial charge is 0.240 e. The van der Waals surface area contributed by atoms with Crippen LogP contribution in [0.3, 0.4) is 0 Å². The standard InChI is InChI=1S/C20H24N2O4S2/c1-3-26-17-7-5-16(6-8-17)14-21-28(24,25)18-9-10-20-19(13-18)22(15(2)23)11-4-12-27-20/h5-10,13,21H,3-4,11-12,14H2,1-2H3. The van der Waals surface area contributed by atoms with Crippen LogP contribution in [0.5, 0.6) is 5.75 Å². The molecular formula is C20H24N2O4S2. The van der Waals surface area contributed by atoms with Crippen molar-refractivity contribution in [3.63, 3.8) is 0 Å². The molecule has 1 aliphatic heterocycles. The van der Waals surface area contributed by atoms with Crippen LogP contribution in [0.4, 0.5) is 5.69 Å². The Balaban J connectivity index is 1.79. The highest BCUT2D eigenvalue weighted by Gasteiger charge is 2.22. The number of ether oxygens (including phenoxy) is 1. The Labute approximate surface area is 170 Å². The third-order valence-corrected chi connectivity index (χ3v) is 6.94. The molecule has 0 radical (unpaired) electrons. The summed E-state index contributed by atoms with van der Waals surface area (Å²) in [5, 5.41) is 0. The molecule has 0 fully saturated rings. The lowest BCUT2D eigenvalue weighted by molar-refractivity contribution is -0.116. The molecule has 2 aromatic rings. The maximum Gasteiger partial charge on any atom is 0.240 e. The number of hydrogen-bond donors (Lipinski definition) is 1. The van der Waals surface area contributed by atoms with Gasteiger partial charge in [0.1, 0.15) is 5.75 Å². The number of hydrogen-bond acceptors (Lipinski definition) is 5. The zero-order chi connectivity index (χ0) is 20.1. The van der Waals surface area contributed by atoms with Crippen molar-refractivity contribution in [2.24, 2.45) is 0 Å². The van der Waals surface area contributed by atoms with Gasteiger partial charge in [-0.25, -0.2) is 13.1 Å². The molecule has 1 heterocycles. The number of carbonyl (C=O) groups is 1. The van der Waals surface area contributed by atoms with Gasteiger partial charge in [0.15, 0.2) is 0 Å². The summed E-state index contributed by atoms with van der Waals surface area (Å²) in [5.74, 6) is 1.57. The van der Waals surface area contributed by atoms with E-state index in [-0.39, 0.29) is 17.3 Å². The van der Waals surface area contributed by atoms with Crippen molar-refractivity contribution in [3.8, 4) is 5.75 Å². The van der Waals surface area contributed by atoms with E-state index in [0.29, 0.717) is 18.8 Å². The van der Waals surface area contributed by atoms with Crippen molar-refractivity contribution in [1.82, 2.24) is 4.72 Å². The maximum atomic E-state index is 12.8. The molecule has 8 heteroatoms. The molecule has 0 saturated carbocycles. The van der Waals surface area contributed by atoms with Gasteiger partial charge >= 0.3 is 0 Å². The van der Waals surface area contributed by atoms with Crippen LogP contribution in [0.25, 0.3) is 0 Å². The van der Waals surface area contributed by atoms with E-state index in [1.54, 1.807) is 34.9 Å². The van der Waals surface area contributed by atoms with E-state index in [2.05, 4.69) is 4.72 Å². The summed E-state index contributed by atoms with van der Waals surface area (Å²) in [7, 11) is -3.70. The number of rotatable bonds is 6. The Hall–Kier alpha value is -2.03. The van der Waals surface area contributed by atoms with Crippen molar-refractivity contribution in [2.75, 3.05) is 23.8 Å². The van der Waals surface area contributed by atoms with Crippen molar-refractivity contribution in [3.05, 3.63) is 48.0 Å². The van der Waals surface area contributed by atoms with Gasteiger partial charge in [0, 0.05) is 24.9 Å². The highest BCUT2D eigenvalue weighted by atomic mass is 32.2. The van der Waals surface area contributed by atoms with Gasteiger partial charge in [0.05, 0.1) is 17.2 Å². The predicted octanol–water partition coefficient (Wildman–Crippen LogP) is 3.41. The van der Waals surface area contributed by atoms with Crippen molar-refractivity contribution in [2.45, 2.75) is 36.6 Å². The van der Waals surface area contributed by atoms with E-state index in [0.717, 1.165) is 28.4 Å². The molecule has 0 unspecified atom stereocenters. The zero-order valence-electron chi connectivity index (χ0n) is 16.0. The first-order valence-electron chi connectivity index (χ1n) is 9.17. The number of thioether (sulfide) groups is 1. The van der Waals surface area contributed by atoms with Gasteiger partial charge in [-0.05, 0) is 55.0 Å². The SMILES string of the molecule is CCOc1ccc(CNS(=O)(=O)c2ccc3c(c2)N(C(C)=O)CCCS3)cc1. The Morgan fingerprint density at radius 1 is 1.21 bits per heavy atom. The average Bonchev–Trinajstić information content (AvgIpc) is 2.90. The topological polar surface area (TPSA) is 75.7 Å². The van der Waals surface area contributed by atoms with Crippen molar-refractivity contribution in [1.29, 1.82) is 0 Å². The molecule has 1 aliphatic rings. The summed E-state index contributed by atoms with van der Waals surface area (Å²) < 4.78 is 33.6. The summed E-state index contributed by atoms with van der Waals surface area (Å²) in [4.78, 5) is 14.7. The Morgan fingerprint density at radius 2 is 1.96 bits per heavy atom.